The van der Waals surface area contributed by atoms with Gasteiger partial charge in [0.2, 0.25) is 12.7 Å². The van der Waals surface area contributed by atoms with Gasteiger partial charge in [-0.25, -0.2) is 0 Å². The molecular formula is C18H24BrNO4. The predicted molar refractivity (Wildman–Crippen MR) is 94.2 cm³/mol. The highest BCUT2D eigenvalue weighted by molar-refractivity contribution is 9.10. The molecule has 1 aromatic carbocycles. The Morgan fingerprint density at radius 1 is 1.29 bits per heavy atom. The van der Waals surface area contributed by atoms with Gasteiger partial charge in [0.05, 0.1) is 16.7 Å². The fraction of sp³-hybridized carbons (Fsp3) is 0.611. The van der Waals surface area contributed by atoms with E-state index >= 15 is 0 Å². The summed E-state index contributed by atoms with van der Waals surface area (Å²) in [6, 6.07) is 3.95. The summed E-state index contributed by atoms with van der Waals surface area (Å²) in [6.45, 7) is 8.01. The van der Waals surface area contributed by atoms with Crippen LogP contribution in [-0.4, -0.2) is 24.3 Å². The van der Waals surface area contributed by atoms with Crippen LogP contribution in [0.3, 0.4) is 0 Å². The Morgan fingerprint density at radius 3 is 2.75 bits per heavy atom. The highest BCUT2D eigenvalue weighted by atomic mass is 79.9. The minimum absolute atomic E-state index is 0.0258. The number of ether oxygens (including phenoxy) is 3. The van der Waals surface area contributed by atoms with Crippen LogP contribution in [-0.2, 0) is 9.53 Å². The molecule has 1 unspecified atom stereocenters. The lowest BCUT2D eigenvalue weighted by Gasteiger charge is -2.44. The summed E-state index contributed by atoms with van der Waals surface area (Å²) >= 11 is 3.66. The average Bonchev–Trinajstić information content (AvgIpc) is 2.95. The zero-order chi connectivity index (χ0) is 17.5. The Morgan fingerprint density at radius 2 is 2.04 bits per heavy atom. The van der Waals surface area contributed by atoms with Crippen LogP contribution in [0, 0.1) is 5.92 Å². The molecule has 1 saturated heterocycles. The number of carbonyl (C=O) groups is 1. The number of hydrogen-bond donors (Lipinski definition) is 1. The highest BCUT2D eigenvalue weighted by Gasteiger charge is 2.42. The SMILES string of the molecule is CC(=O)NC(C)(C)[C@@H]1CC[C@@H](C)OC1c1ccc2c(c1Br)OCO2. The van der Waals surface area contributed by atoms with E-state index < -0.39 is 0 Å². The van der Waals surface area contributed by atoms with Crippen molar-refractivity contribution in [3.63, 3.8) is 0 Å². The lowest BCUT2D eigenvalue weighted by molar-refractivity contribution is -0.126. The van der Waals surface area contributed by atoms with Crippen molar-refractivity contribution in [2.75, 3.05) is 6.79 Å². The zero-order valence-corrected chi connectivity index (χ0v) is 16.1. The van der Waals surface area contributed by atoms with Gasteiger partial charge >= 0.3 is 0 Å². The zero-order valence-electron chi connectivity index (χ0n) is 14.5. The number of nitrogens with one attached hydrogen (secondary N) is 1. The normalized spacial score (nSPS) is 26.3. The maximum atomic E-state index is 11.6. The van der Waals surface area contributed by atoms with Crippen molar-refractivity contribution in [1.29, 1.82) is 0 Å². The molecule has 0 aromatic heterocycles. The molecule has 6 heteroatoms. The van der Waals surface area contributed by atoms with Crippen LogP contribution in [0.5, 0.6) is 11.5 Å². The van der Waals surface area contributed by atoms with Crippen molar-refractivity contribution in [2.45, 2.75) is 58.3 Å². The van der Waals surface area contributed by atoms with Crippen molar-refractivity contribution < 1.29 is 19.0 Å². The predicted octanol–water partition coefficient (Wildman–Crippen LogP) is 3.95. The number of halogens is 1. The molecule has 1 N–H and O–H groups in total. The summed E-state index contributed by atoms with van der Waals surface area (Å²) in [5.74, 6) is 1.61. The van der Waals surface area contributed by atoms with Gasteiger partial charge in [-0.2, -0.15) is 0 Å². The lowest BCUT2D eigenvalue weighted by Crippen LogP contribution is -2.52. The molecular weight excluding hydrogens is 374 g/mol. The molecule has 0 saturated carbocycles. The van der Waals surface area contributed by atoms with Gasteiger partial charge < -0.3 is 19.5 Å². The molecule has 3 atom stereocenters. The second kappa shape index (κ2) is 6.56. The summed E-state index contributed by atoms with van der Waals surface area (Å²) < 4.78 is 18.2. The smallest absolute Gasteiger partial charge is 0.231 e. The van der Waals surface area contributed by atoms with Gasteiger partial charge in [0.1, 0.15) is 0 Å². The fourth-order valence-electron chi connectivity index (χ4n) is 3.73. The summed E-state index contributed by atoms with van der Waals surface area (Å²) in [4.78, 5) is 11.6. The Balaban J connectivity index is 1.97. The third kappa shape index (κ3) is 3.26. The van der Waals surface area contributed by atoms with E-state index in [0.29, 0.717) is 0 Å². The molecule has 2 aliphatic heterocycles. The monoisotopic (exact) mass is 397 g/mol. The largest absolute Gasteiger partial charge is 0.454 e. The van der Waals surface area contributed by atoms with Crippen LogP contribution in [0.1, 0.15) is 52.2 Å². The molecule has 24 heavy (non-hydrogen) atoms. The van der Waals surface area contributed by atoms with Crippen LogP contribution in [0.2, 0.25) is 0 Å². The third-order valence-electron chi connectivity index (χ3n) is 4.87. The molecule has 2 aliphatic rings. The molecule has 1 fully saturated rings. The maximum Gasteiger partial charge on any atom is 0.231 e. The molecule has 0 bridgehead atoms. The van der Waals surface area contributed by atoms with Gasteiger partial charge in [-0.15, -0.1) is 0 Å². The van der Waals surface area contributed by atoms with E-state index in [0.717, 1.165) is 34.4 Å². The Bertz CT molecular complexity index is 646. The first-order valence-electron chi connectivity index (χ1n) is 8.32. The van der Waals surface area contributed by atoms with E-state index in [1.807, 2.05) is 12.1 Å². The second-order valence-electron chi connectivity index (χ2n) is 7.16. The van der Waals surface area contributed by atoms with Crippen molar-refractivity contribution in [1.82, 2.24) is 5.32 Å². The molecule has 1 aromatic rings. The molecule has 5 nitrogen and oxygen atoms in total. The summed E-state index contributed by atoms with van der Waals surface area (Å²) in [5.41, 5.74) is 0.668. The Hall–Kier alpha value is -1.27. The standard InChI is InChI=1S/C18H24BrNO4/c1-10-5-7-13(18(3,4)20-11(2)21)16(24-10)12-6-8-14-17(15(12)19)23-9-22-14/h6,8,10,13,16H,5,7,9H2,1-4H3,(H,20,21)/t10-,13-,16?/m1/s1. The minimum atomic E-state index is -0.369. The second-order valence-corrected chi connectivity index (χ2v) is 7.95. The number of amides is 1. The molecule has 132 valence electrons. The molecule has 1 amide bonds. The molecule has 0 radical (unpaired) electrons. The van der Waals surface area contributed by atoms with Crippen molar-refractivity contribution in [2.24, 2.45) is 5.92 Å². The van der Waals surface area contributed by atoms with Crippen LogP contribution in [0.25, 0.3) is 0 Å². The average molecular weight is 398 g/mol. The number of carbonyl (C=O) groups excluding carboxylic acids is 1. The first-order valence-corrected chi connectivity index (χ1v) is 9.11. The van der Waals surface area contributed by atoms with Crippen molar-refractivity contribution in [3.05, 3.63) is 22.2 Å². The van der Waals surface area contributed by atoms with Crippen LogP contribution in [0.15, 0.2) is 16.6 Å². The van der Waals surface area contributed by atoms with E-state index in [1.165, 1.54) is 0 Å². The fourth-order valence-corrected chi connectivity index (χ4v) is 4.40. The first kappa shape index (κ1) is 17.5. The van der Waals surface area contributed by atoms with Crippen molar-refractivity contribution >= 4 is 21.8 Å². The summed E-state index contributed by atoms with van der Waals surface area (Å²) in [7, 11) is 0. The Kier molecular flexibility index (Phi) is 4.80. The topological polar surface area (TPSA) is 56.8 Å². The van der Waals surface area contributed by atoms with E-state index in [2.05, 4.69) is 42.0 Å². The van der Waals surface area contributed by atoms with Gasteiger partial charge in [-0.3, -0.25) is 4.79 Å². The molecule has 3 rings (SSSR count). The van der Waals surface area contributed by atoms with Crippen LogP contribution >= 0.6 is 15.9 Å². The summed E-state index contributed by atoms with van der Waals surface area (Å²) in [6.07, 6.45) is 2.02. The van der Waals surface area contributed by atoms with E-state index in [9.17, 15) is 4.79 Å². The highest BCUT2D eigenvalue weighted by Crippen LogP contribution is 2.49. The molecule has 2 heterocycles. The van der Waals surface area contributed by atoms with Crippen LogP contribution in [0.4, 0.5) is 0 Å². The van der Waals surface area contributed by atoms with Gasteiger partial charge in [-0.05, 0) is 61.2 Å². The maximum absolute atomic E-state index is 11.6. The van der Waals surface area contributed by atoms with Gasteiger partial charge in [-0.1, -0.05) is 6.07 Å². The Labute approximate surface area is 151 Å². The van der Waals surface area contributed by atoms with E-state index in [4.69, 9.17) is 14.2 Å². The molecule has 0 aliphatic carbocycles. The summed E-state index contributed by atoms with van der Waals surface area (Å²) in [5, 5.41) is 3.09. The third-order valence-corrected chi connectivity index (χ3v) is 5.69. The molecule has 0 spiro atoms. The minimum Gasteiger partial charge on any atom is -0.454 e. The first-order chi connectivity index (χ1) is 11.3. The van der Waals surface area contributed by atoms with E-state index in [1.54, 1.807) is 6.92 Å². The lowest BCUT2D eigenvalue weighted by atomic mass is 9.75. The van der Waals surface area contributed by atoms with Crippen LogP contribution < -0.4 is 14.8 Å². The van der Waals surface area contributed by atoms with E-state index in [-0.39, 0.29) is 36.4 Å². The van der Waals surface area contributed by atoms with Gasteiger partial charge in [0.15, 0.2) is 11.5 Å². The van der Waals surface area contributed by atoms with Gasteiger partial charge in [0.25, 0.3) is 0 Å². The number of fused-ring (bicyclic) bond motifs is 1. The number of rotatable bonds is 3. The quantitative estimate of drug-likeness (QED) is 0.838. The van der Waals surface area contributed by atoms with Crippen molar-refractivity contribution in [3.8, 4) is 11.5 Å². The number of hydrogen-bond acceptors (Lipinski definition) is 4. The number of benzene rings is 1. The van der Waals surface area contributed by atoms with Gasteiger partial charge in [0, 0.05) is 18.4 Å².